The summed E-state index contributed by atoms with van der Waals surface area (Å²) in [6.07, 6.45) is -2.98. The minimum absolute atomic E-state index is 0.0354. The normalized spacial score (nSPS) is 11.6. The molecule has 2 N–H and O–H groups in total. The van der Waals surface area contributed by atoms with E-state index in [1.807, 2.05) is 6.07 Å². The summed E-state index contributed by atoms with van der Waals surface area (Å²) in [6.45, 7) is 0. The number of nitrogens with two attached hydrogens (primary N) is 1. The van der Waals surface area contributed by atoms with Crippen molar-refractivity contribution in [1.82, 2.24) is 15.2 Å². The van der Waals surface area contributed by atoms with E-state index in [1.165, 1.54) is 29.7 Å². The van der Waals surface area contributed by atoms with Crippen LogP contribution in [0.25, 0.3) is 21.5 Å². The molecule has 152 valence electrons. The number of carbonyl (C=O) groups excluding carboxylic acids is 1. The average molecular weight is 430 g/mol. The SMILES string of the molecule is NC(=O)Cc1nc2c(Oc3cnnc(-c4ccc(C(F)(F)F)cc4)c3)cccc2s1. The summed E-state index contributed by atoms with van der Waals surface area (Å²) >= 11 is 1.34. The van der Waals surface area contributed by atoms with Crippen LogP contribution < -0.4 is 10.5 Å². The lowest BCUT2D eigenvalue weighted by atomic mass is 10.1. The monoisotopic (exact) mass is 430 g/mol. The van der Waals surface area contributed by atoms with Crippen molar-refractivity contribution >= 4 is 27.5 Å². The van der Waals surface area contributed by atoms with E-state index >= 15 is 0 Å². The lowest BCUT2D eigenvalue weighted by molar-refractivity contribution is -0.137. The van der Waals surface area contributed by atoms with Gasteiger partial charge in [-0.15, -0.1) is 11.3 Å². The minimum atomic E-state index is -4.41. The van der Waals surface area contributed by atoms with Crippen LogP contribution >= 0.6 is 11.3 Å². The van der Waals surface area contributed by atoms with Gasteiger partial charge in [-0.05, 0) is 24.3 Å². The maximum atomic E-state index is 12.7. The second-order valence-corrected chi connectivity index (χ2v) is 7.42. The van der Waals surface area contributed by atoms with Crippen LogP contribution in [-0.2, 0) is 17.4 Å². The molecule has 0 saturated carbocycles. The largest absolute Gasteiger partial charge is 0.453 e. The van der Waals surface area contributed by atoms with Crippen LogP contribution in [0.15, 0.2) is 54.7 Å². The Balaban J connectivity index is 1.62. The van der Waals surface area contributed by atoms with Gasteiger partial charge in [0.25, 0.3) is 0 Å². The number of rotatable bonds is 5. The smallest absolute Gasteiger partial charge is 0.416 e. The van der Waals surface area contributed by atoms with Crippen LogP contribution in [0.1, 0.15) is 10.6 Å². The maximum Gasteiger partial charge on any atom is 0.416 e. The molecule has 0 aliphatic rings. The fraction of sp³-hybridized carbons (Fsp3) is 0.100. The first-order valence-corrected chi connectivity index (χ1v) is 9.46. The van der Waals surface area contributed by atoms with Crippen LogP contribution in [0.4, 0.5) is 13.2 Å². The van der Waals surface area contributed by atoms with Gasteiger partial charge >= 0.3 is 6.18 Å². The van der Waals surface area contributed by atoms with Gasteiger partial charge in [0.05, 0.1) is 28.6 Å². The Kier molecular flexibility index (Phi) is 5.08. The minimum Gasteiger partial charge on any atom is -0.453 e. The fourth-order valence-corrected chi connectivity index (χ4v) is 3.77. The Bertz CT molecular complexity index is 1220. The molecule has 6 nitrogen and oxygen atoms in total. The fourth-order valence-electron chi connectivity index (χ4n) is 2.78. The van der Waals surface area contributed by atoms with Gasteiger partial charge < -0.3 is 10.5 Å². The quantitative estimate of drug-likeness (QED) is 0.500. The van der Waals surface area contributed by atoms with Crippen molar-refractivity contribution in [3.05, 3.63) is 65.3 Å². The Morgan fingerprint density at radius 2 is 1.90 bits per heavy atom. The molecular formula is C20H13F3N4O2S. The van der Waals surface area contributed by atoms with Crippen molar-refractivity contribution in [3.63, 3.8) is 0 Å². The zero-order valence-electron chi connectivity index (χ0n) is 15.2. The van der Waals surface area contributed by atoms with Crippen molar-refractivity contribution in [1.29, 1.82) is 0 Å². The van der Waals surface area contributed by atoms with Gasteiger partial charge in [-0.3, -0.25) is 4.79 Å². The average Bonchev–Trinajstić information content (AvgIpc) is 3.10. The molecule has 4 rings (SSSR count). The number of aromatic nitrogens is 3. The van der Waals surface area contributed by atoms with Crippen molar-refractivity contribution in [2.24, 2.45) is 5.73 Å². The molecule has 2 aromatic carbocycles. The Morgan fingerprint density at radius 1 is 1.13 bits per heavy atom. The van der Waals surface area contributed by atoms with Crippen molar-refractivity contribution in [3.8, 4) is 22.8 Å². The molecule has 0 radical (unpaired) electrons. The van der Waals surface area contributed by atoms with Crippen molar-refractivity contribution in [2.45, 2.75) is 12.6 Å². The molecule has 0 aliphatic heterocycles. The standard InChI is InChI=1S/C20H13F3N4O2S/c21-20(22,23)12-6-4-11(5-7-12)14-8-13(10-25-27-14)29-15-2-1-3-16-19(15)26-18(30-16)9-17(24)28/h1-8,10H,9H2,(H2,24,28). The van der Waals surface area contributed by atoms with Crippen LogP contribution in [0.5, 0.6) is 11.5 Å². The summed E-state index contributed by atoms with van der Waals surface area (Å²) < 4.78 is 45.0. The zero-order valence-corrected chi connectivity index (χ0v) is 16.0. The third kappa shape index (κ3) is 4.23. The van der Waals surface area contributed by atoms with Crippen LogP contribution in [0.3, 0.4) is 0 Å². The predicted molar refractivity (Wildman–Crippen MR) is 105 cm³/mol. The summed E-state index contributed by atoms with van der Waals surface area (Å²) in [4.78, 5) is 15.6. The number of hydrogen-bond donors (Lipinski definition) is 1. The van der Waals surface area contributed by atoms with E-state index in [0.29, 0.717) is 33.3 Å². The number of benzene rings is 2. The number of carbonyl (C=O) groups is 1. The van der Waals surface area contributed by atoms with E-state index in [2.05, 4.69) is 15.2 Å². The zero-order chi connectivity index (χ0) is 21.3. The first kappa shape index (κ1) is 19.8. The van der Waals surface area contributed by atoms with Gasteiger partial charge in [0.15, 0.2) is 5.75 Å². The molecule has 2 aromatic heterocycles. The number of nitrogens with zero attached hydrogens (tertiary/aromatic N) is 3. The first-order valence-electron chi connectivity index (χ1n) is 8.64. The molecule has 2 heterocycles. The highest BCUT2D eigenvalue weighted by atomic mass is 32.1. The number of para-hydroxylation sites is 1. The molecule has 0 spiro atoms. The molecule has 10 heteroatoms. The molecular weight excluding hydrogens is 417 g/mol. The number of halogens is 3. The van der Waals surface area contributed by atoms with Gasteiger partial charge in [-0.1, -0.05) is 18.2 Å². The van der Waals surface area contributed by atoms with Crippen molar-refractivity contribution < 1.29 is 22.7 Å². The van der Waals surface area contributed by atoms with Gasteiger partial charge in [0.2, 0.25) is 5.91 Å². The highest BCUT2D eigenvalue weighted by molar-refractivity contribution is 7.18. The summed E-state index contributed by atoms with van der Waals surface area (Å²) in [6, 6.07) is 11.6. The predicted octanol–water partition coefficient (Wildman–Crippen LogP) is 4.59. The lowest BCUT2D eigenvalue weighted by Gasteiger charge is -2.09. The number of thiazole rings is 1. The number of fused-ring (bicyclic) bond motifs is 1. The summed E-state index contributed by atoms with van der Waals surface area (Å²) in [5, 5.41) is 8.42. The van der Waals surface area contributed by atoms with E-state index < -0.39 is 17.6 Å². The van der Waals surface area contributed by atoms with E-state index in [4.69, 9.17) is 10.5 Å². The van der Waals surface area contributed by atoms with E-state index in [0.717, 1.165) is 16.8 Å². The Labute approximate surface area is 172 Å². The van der Waals surface area contributed by atoms with Gasteiger partial charge in [-0.25, -0.2) is 4.98 Å². The van der Waals surface area contributed by atoms with Crippen LogP contribution in [0.2, 0.25) is 0 Å². The number of amides is 1. The third-order valence-corrected chi connectivity index (χ3v) is 5.14. The lowest BCUT2D eigenvalue weighted by Crippen LogP contribution is -2.13. The third-order valence-electron chi connectivity index (χ3n) is 4.12. The topological polar surface area (TPSA) is 91.0 Å². The molecule has 0 aliphatic carbocycles. The molecule has 0 saturated heterocycles. The number of hydrogen-bond acceptors (Lipinski definition) is 6. The summed E-state index contributed by atoms with van der Waals surface area (Å²) in [5.41, 5.74) is 5.90. The second kappa shape index (κ2) is 7.71. The molecule has 4 aromatic rings. The molecule has 30 heavy (non-hydrogen) atoms. The van der Waals surface area contributed by atoms with E-state index in [9.17, 15) is 18.0 Å². The van der Waals surface area contributed by atoms with E-state index in [1.54, 1.807) is 18.2 Å². The van der Waals surface area contributed by atoms with Crippen molar-refractivity contribution in [2.75, 3.05) is 0 Å². The highest BCUT2D eigenvalue weighted by Crippen LogP contribution is 2.34. The molecule has 1 amide bonds. The second-order valence-electron chi connectivity index (χ2n) is 6.31. The summed E-state index contributed by atoms with van der Waals surface area (Å²) in [7, 11) is 0. The highest BCUT2D eigenvalue weighted by Gasteiger charge is 2.30. The van der Waals surface area contributed by atoms with Crippen LogP contribution in [0, 0.1) is 0 Å². The number of alkyl halides is 3. The first-order chi connectivity index (χ1) is 14.3. The number of primary amides is 1. The summed E-state index contributed by atoms with van der Waals surface area (Å²) in [5.74, 6) is 0.318. The molecule has 0 unspecified atom stereocenters. The molecule has 0 fully saturated rings. The number of ether oxygens (including phenoxy) is 1. The van der Waals surface area contributed by atoms with Crippen LogP contribution in [-0.4, -0.2) is 21.1 Å². The van der Waals surface area contributed by atoms with Gasteiger partial charge in [0, 0.05) is 11.6 Å². The Morgan fingerprint density at radius 3 is 2.60 bits per heavy atom. The van der Waals surface area contributed by atoms with Gasteiger partial charge in [0.1, 0.15) is 16.3 Å². The molecule has 0 bridgehead atoms. The molecule has 0 atom stereocenters. The van der Waals surface area contributed by atoms with E-state index in [-0.39, 0.29) is 6.42 Å². The maximum absolute atomic E-state index is 12.7. The Hall–Kier alpha value is -3.53. The van der Waals surface area contributed by atoms with Gasteiger partial charge in [-0.2, -0.15) is 23.4 Å².